The summed E-state index contributed by atoms with van der Waals surface area (Å²) in [6, 6.07) is 4.50. The van der Waals surface area contributed by atoms with Crippen LogP contribution < -0.4 is 10.2 Å². The molecular weight excluding hydrogens is 328 g/mol. The molecule has 0 aromatic carbocycles. The third kappa shape index (κ3) is 3.14. The molecule has 1 saturated heterocycles. The molecule has 1 atom stereocenters. The monoisotopic (exact) mass is 354 g/mol. The van der Waals surface area contributed by atoms with Gasteiger partial charge in [-0.05, 0) is 52.0 Å². The molecule has 2 aromatic rings. The van der Waals surface area contributed by atoms with Gasteiger partial charge in [0.1, 0.15) is 5.82 Å². The Morgan fingerprint density at radius 1 is 1.27 bits per heavy atom. The Labute approximate surface area is 153 Å². The van der Waals surface area contributed by atoms with Crippen LogP contribution in [0.25, 0.3) is 10.9 Å². The first-order valence-electron chi connectivity index (χ1n) is 9.37. The minimum absolute atomic E-state index is 0.112. The third-order valence-electron chi connectivity index (χ3n) is 5.90. The van der Waals surface area contributed by atoms with Gasteiger partial charge in [0.25, 0.3) is 5.91 Å². The van der Waals surface area contributed by atoms with Gasteiger partial charge in [-0.25, -0.2) is 4.98 Å². The number of carbonyl (C=O) groups excluding carboxylic acids is 1. The number of fused-ring (bicyclic) bond motifs is 1. The van der Waals surface area contributed by atoms with Crippen LogP contribution in [0.3, 0.4) is 0 Å². The number of hydrogen-bond acceptors (Lipinski definition) is 5. The van der Waals surface area contributed by atoms with Gasteiger partial charge in [0.15, 0.2) is 0 Å². The Morgan fingerprint density at radius 2 is 2.04 bits per heavy atom. The number of pyridine rings is 2. The van der Waals surface area contributed by atoms with E-state index in [1.54, 1.807) is 12.4 Å². The van der Waals surface area contributed by atoms with E-state index in [0.29, 0.717) is 11.6 Å². The van der Waals surface area contributed by atoms with E-state index in [1.807, 2.05) is 26.0 Å². The molecule has 2 N–H and O–H groups in total. The maximum Gasteiger partial charge on any atom is 0.253 e. The zero-order valence-corrected chi connectivity index (χ0v) is 15.6. The van der Waals surface area contributed by atoms with E-state index in [0.717, 1.165) is 36.1 Å². The molecule has 4 rings (SSSR count). The van der Waals surface area contributed by atoms with Gasteiger partial charge in [0, 0.05) is 42.5 Å². The standard InChI is InChI=1S/C20H26N4O2/c1-12-4-5-24(12)18-9-17-13(10-22-18)6-14(11-21-17)19(25)23-16-7-15(8-16)20(2,3)26/h6,9-12,15-16,26H,4-5,7-8H2,1-3H3,(H,23,25)/t12-,15-,16-/m0/s1. The first kappa shape index (κ1) is 17.2. The smallest absolute Gasteiger partial charge is 0.253 e. The summed E-state index contributed by atoms with van der Waals surface area (Å²) >= 11 is 0. The van der Waals surface area contributed by atoms with Crippen molar-refractivity contribution in [3.05, 3.63) is 30.1 Å². The van der Waals surface area contributed by atoms with Gasteiger partial charge in [-0.2, -0.15) is 0 Å². The fourth-order valence-corrected chi connectivity index (χ4v) is 3.73. The van der Waals surface area contributed by atoms with Crippen LogP contribution in [-0.2, 0) is 0 Å². The Balaban J connectivity index is 1.44. The van der Waals surface area contributed by atoms with E-state index in [9.17, 15) is 9.90 Å². The highest BCUT2D eigenvalue weighted by atomic mass is 16.3. The molecule has 3 heterocycles. The second-order valence-electron chi connectivity index (χ2n) is 8.28. The fourth-order valence-electron chi connectivity index (χ4n) is 3.73. The van der Waals surface area contributed by atoms with E-state index in [1.165, 1.54) is 6.42 Å². The van der Waals surface area contributed by atoms with E-state index in [-0.39, 0.29) is 17.9 Å². The number of amides is 1. The van der Waals surface area contributed by atoms with Crippen molar-refractivity contribution in [3.8, 4) is 0 Å². The van der Waals surface area contributed by atoms with E-state index in [4.69, 9.17) is 0 Å². The number of carbonyl (C=O) groups is 1. The van der Waals surface area contributed by atoms with Crippen molar-refractivity contribution in [1.29, 1.82) is 0 Å². The number of aromatic nitrogens is 2. The SMILES string of the molecule is C[C@H]1CCN1c1cc2ncc(C(=O)N[C@H]3C[C@H](C(C)(C)O)C3)cc2cn1. The third-order valence-corrected chi connectivity index (χ3v) is 5.90. The van der Waals surface area contributed by atoms with Crippen LogP contribution >= 0.6 is 0 Å². The lowest BCUT2D eigenvalue weighted by molar-refractivity contribution is -0.0309. The Morgan fingerprint density at radius 3 is 2.65 bits per heavy atom. The van der Waals surface area contributed by atoms with Gasteiger partial charge in [-0.3, -0.25) is 9.78 Å². The molecule has 0 spiro atoms. The van der Waals surface area contributed by atoms with Gasteiger partial charge >= 0.3 is 0 Å². The van der Waals surface area contributed by atoms with E-state index >= 15 is 0 Å². The molecule has 1 amide bonds. The average Bonchev–Trinajstić information content (AvgIpc) is 2.54. The molecule has 1 aliphatic carbocycles. The van der Waals surface area contributed by atoms with Crippen molar-refractivity contribution in [2.45, 2.75) is 57.7 Å². The summed E-state index contributed by atoms with van der Waals surface area (Å²) in [6.07, 6.45) is 6.26. The summed E-state index contributed by atoms with van der Waals surface area (Å²) in [4.78, 5) is 23.7. The summed E-state index contributed by atoms with van der Waals surface area (Å²) < 4.78 is 0. The highest BCUT2D eigenvalue weighted by Gasteiger charge is 2.39. The Hall–Kier alpha value is -2.21. The molecule has 6 heteroatoms. The largest absolute Gasteiger partial charge is 0.390 e. The van der Waals surface area contributed by atoms with Gasteiger partial charge < -0.3 is 15.3 Å². The Bertz CT molecular complexity index is 839. The van der Waals surface area contributed by atoms with Crippen LogP contribution in [0, 0.1) is 5.92 Å². The molecular formula is C20H26N4O2. The summed E-state index contributed by atoms with van der Waals surface area (Å²) in [5.74, 6) is 1.08. The predicted molar refractivity (Wildman–Crippen MR) is 101 cm³/mol. The van der Waals surface area contributed by atoms with Crippen molar-refractivity contribution in [1.82, 2.24) is 15.3 Å². The summed E-state index contributed by atoms with van der Waals surface area (Å²) in [5.41, 5.74) is 0.732. The van der Waals surface area contributed by atoms with E-state index < -0.39 is 5.60 Å². The molecule has 26 heavy (non-hydrogen) atoms. The molecule has 2 aliphatic rings. The molecule has 0 unspecified atom stereocenters. The molecule has 138 valence electrons. The summed E-state index contributed by atoms with van der Waals surface area (Å²) in [6.45, 7) is 6.88. The lowest BCUT2D eigenvalue weighted by atomic mass is 9.71. The molecule has 1 saturated carbocycles. The van der Waals surface area contributed by atoms with Crippen molar-refractivity contribution in [2.75, 3.05) is 11.4 Å². The number of rotatable bonds is 4. The second kappa shape index (κ2) is 6.20. The zero-order valence-electron chi connectivity index (χ0n) is 15.6. The summed E-state index contributed by atoms with van der Waals surface area (Å²) in [7, 11) is 0. The first-order valence-corrected chi connectivity index (χ1v) is 9.37. The maximum atomic E-state index is 12.5. The van der Waals surface area contributed by atoms with Crippen LogP contribution in [-0.4, -0.2) is 45.2 Å². The number of anilines is 1. The molecule has 2 aromatic heterocycles. The van der Waals surface area contributed by atoms with Crippen molar-refractivity contribution in [3.63, 3.8) is 0 Å². The second-order valence-corrected chi connectivity index (χ2v) is 8.28. The van der Waals surface area contributed by atoms with Crippen molar-refractivity contribution in [2.24, 2.45) is 5.92 Å². The predicted octanol–water partition coefficient (Wildman–Crippen LogP) is 2.51. The van der Waals surface area contributed by atoms with Crippen LogP contribution in [0.4, 0.5) is 5.82 Å². The molecule has 6 nitrogen and oxygen atoms in total. The number of aliphatic hydroxyl groups is 1. The van der Waals surface area contributed by atoms with Crippen molar-refractivity contribution >= 4 is 22.6 Å². The minimum atomic E-state index is -0.678. The Kier molecular flexibility index (Phi) is 4.10. The number of hydrogen-bond donors (Lipinski definition) is 2. The van der Waals surface area contributed by atoms with Crippen LogP contribution in [0.1, 0.15) is 50.4 Å². The maximum absolute atomic E-state index is 12.5. The summed E-state index contributed by atoms with van der Waals surface area (Å²) in [5, 5.41) is 13.9. The van der Waals surface area contributed by atoms with Gasteiger partial charge in [-0.1, -0.05) is 0 Å². The van der Waals surface area contributed by atoms with Gasteiger partial charge in [0.05, 0.1) is 16.7 Å². The van der Waals surface area contributed by atoms with Crippen LogP contribution in [0.2, 0.25) is 0 Å². The van der Waals surface area contributed by atoms with Gasteiger partial charge in [0.2, 0.25) is 0 Å². The highest BCUT2D eigenvalue weighted by Crippen LogP contribution is 2.36. The number of nitrogens with zero attached hydrogens (tertiary/aromatic N) is 3. The van der Waals surface area contributed by atoms with Crippen molar-refractivity contribution < 1.29 is 9.90 Å². The first-order chi connectivity index (χ1) is 12.3. The molecule has 0 bridgehead atoms. The molecule has 1 aliphatic heterocycles. The zero-order chi connectivity index (χ0) is 18.5. The topological polar surface area (TPSA) is 78.4 Å². The average molecular weight is 354 g/mol. The number of nitrogens with one attached hydrogen (secondary N) is 1. The lowest BCUT2D eigenvalue weighted by Crippen LogP contribution is -2.50. The normalized spacial score (nSPS) is 25.5. The van der Waals surface area contributed by atoms with Crippen LogP contribution in [0.5, 0.6) is 0 Å². The van der Waals surface area contributed by atoms with Crippen LogP contribution in [0.15, 0.2) is 24.5 Å². The quantitative estimate of drug-likeness (QED) is 0.882. The van der Waals surface area contributed by atoms with E-state index in [2.05, 4.69) is 27.1 Å². The highest BCUT2D eigenvalue weighted by molar-refractivity contribution is 5.97. The molecule has 2 fully saturated rings. The van der Waals surface area contributed by atoms with Gasteiger partial charge in [-0.15, -0.1) is 0 Å². The lowest BCUT2D eigenvalue weighted by Gasteiger charge is -2.42. The fraction of sp³-hybridized carbons (Fsp3) is 0.550. The molecule has 0 radical (unpaired) electrons. The minimum Gasteiger partial charge on any atom is -0.390 e.